The molecule has 1 amide bonds. The minimum Gasteiger partial charge on any atom is -0.352 e. The highest BCUT2D eigenvalue weighted by molar-refractivity contribution is 6.17. The van der Waals surface area contributed by atoms with Crippen molar-refractivity contribution < 1.29 is 4.79 Å². The third-order valence-electron chi connectivity index (χ3n) is 3.22. The molecule has 1 N–H and O–H groups in total. The van der Waals surface area contributed by atoms with Gasteiger partial charge in [-0.2, -0.15) is 5.10 Å². The molecule has 0 spiro atoms. The van der Waals surface area contributed by atoms with E-state index < -0.39 is 0 Å². The zero-order valence-corrected chi connectivity index (χ0v) is 11.6. The lowest BCUT2D eigenvalue weighted by Crippen LogP contribution is -2.29. The third kappa shape index (κ3) is 3.23. The van der Waals surface area contributed by atoms with Crippen LogP contribution in [0.25, 0.3) is 5.52 Å². The molecule has 0 fully saturated rings. The van der Waals surface area contributed by atoms with E-state index >= 15 is 0 Å². The largest absolute Gasteiger partial charge is 0.352 e. The van der Waals surface area contributed by atoms with Gasteiger partial charge >= 0.3 is 0 Å². The number of nitrogens with one attached hydrogen (secondary N) is 1. The molecule has 2 heterocycles. The summed E-state index contributed by atoms with van der Waals surface area (Å²) in [5.74, 6) is 0.923. The Labute approximate surface area is 117 Å². The van der Waals surface area contributed by atoms with E-state index in [4.69, 9.17) is 11.6 Å². The van der Waals surface area contributed by atoms with Gasteiger partial charge in [-0.1, -0.05) is 13.3 Å². The van der Waals surface area contributed by atoms with Gasteiger partial charge in [-0.25, -0.2) is 4.52 Å². The number of rotatable bonds is 6. The van der Waals surface area contributed by atoms with Gasteiger partial charge in [0.1, 0.15) is 0 Å². The molecular formula is C13H17ClN4O. The summed E-state index contributed by atoms with van der Waals surface area (Å²) in [6.07, 6.45) is 8.47. The number of halogens is 1. The van der Waals surface area contributed by atoms with Crippen molar-refractivity contribution in [2.75, 3.05) is 12.4 Å². The predicted molar refractivity (Wildman–Crippen MR) is 74.4 cm³/mol. The van der Waals surface area contributed by atoms with Gasteiger partial charge < -0.3 is 5.32 Å². The summed E-state index contributed by atoms with van der Waals surface area (Å²) in [7, 11) is 0. The maximum Gasteiger partial charge on any atom is 0.255 e. The molecule has 5 nitrogen and oxygen atoms in total. The van der Waals surface area contributed by atoms with Crippen LogP contribution < -0.4 is 5.32 Å². The first-order valence-electron chi connectivity index (χ1n) is 6.37. The van der Waals surface area contributed by atoms with Crippen LogP contribution in [0.15, 0.2) is 24.8 Å². The van der Waals surface area contributed by atoms with Crippen molar-refractivity contribution in [3.63, 3.8) is 0 Å². The quantitative estimate of drug-likeness (QED) is 0.825. The van der Waals surface area contributed by atoms with Crippen molar-refractivity contribution in [1.82, 2.24) is 19.9 Å². The van der Waals surface area contributed by atoms with E-state index in [9.17, 15) is 4.79 Å². The Bertz CT molecular complexity index is 554. The van der Waals surface area contributed by atoms with Crippen LogP contribution in [0.5, 0.6) is 0 Å². The lowest BCUT2D eigenvalue weighted by atomic mass is 10.0. The smallest absolute Gasteiger partial charge is 0.255 e. The predicted octanol–water partition coefficient (Wildman–Crippen LogP) is 2.11. The maximum atomic E-state index is 12.1. The number of aromatic nitrogens is 3. The summed E-state index contributed by atoms with van der Waals surface area (Å²) in [6, 6.07) is 0. The Morgan fingerprint density at radius 2 is 2.37 bits per heavy atom. The fourth-order valence-electron chi connectivity index (χ4n) is 1.95. The molecule has 0 aliphatic rings. The second kappa shape index (κ2) is 6.52. The Balaban J connectivity index is 2.04. The molecule has 2 aromatic heterocycles. The highest BCUT2D eigenvalue weighted by atomic mass is 35.5. The topological polar surface area (TPSA) is 59.3 Å². The first-order chi connectivity index (χ1) is 9.26. The van der Waals surface area contributed by atoms with E-state index in [2.05, 4.69) is 22.3 Å². The van der Waals surface area contributed by atoms with E-state index in [1.807, 2.05) is 0 Å². The van der Waals surface area contributed by atoms with Crippen molar-refractivity contribution in [1.29, 1.82) is 0 Å². The summed E-state index contributed by atoms with van der Waals surface area (Å²) in [5.41, 5.74) is 1.26. The van der Waals surface area contributed by atoms with Gasteiger partial charge in [0, 0.05) is 24.8 Å². The molecule has 0 aliphatic heterocycles. The molecular weight excluding hydrogens is 264 g/mol. The zero-order chi connectivity index (χ0) is 13.7. The van der Waals surface area contributed by atoms with E-state index in [1.165, 1.54) is 0 Å². The first-order valence-corrected chi connectivity index (χ1v) is 6.91. The summed E-state index contributed by atoms with van der Waals surface area (Å²) in [5, 5.41) is 7.05. The summed E-state index contributed by atoms with van der Waals surface area (Å²) in [6.45, 7) is 2.74. The fourth-order valence-corrected chi connectivity index (χ4v) is 2.26. The number of fused-ring (bicyclic) bond motifs is 1. The third-order valence-corrected chi connectivity index (χ3v) is 3.43. The van der Waals surface area contributed by atoms with Crippen LogP contribution >= 0.6 is 11.6 Å². The number of carbonyl (C=O) groups is 1. The van der Waals surface area contributed by atoms with Gasteiger partial charge in [0.05, 0.1) is 23.5 Å². The second-order valence-corrected chi connectivity index (χ2v) is 4.80. The minimum atomic E-state index is -0.115. The standard InChI is InChI=1S/C13H17ClN4O/c1-2-10(3-4-14)7-16-13(19)11-8-17-18-6-5-15-9-12(11)18/h5-6,8-10H,2-4,7H2,1H3,(H,16,19). The lowest BCUT2D eigenvalue weighted by molar-refractivity contribution is 0.0948. The molecule has 0 aliphatic carbocycles. The average Bonchev–Trinajstić information content (AvgIpc) is 2.87. The number of amides is 1. The molecule has 1 unspecified atom stereocenters. The van der Waals surface area contributed by atoms with Crippen LogP contribution in [-0.2, 0) is 0 Å². The second-order valence-electron chi connectivity index (χ2n) is 4.43. The number of carbonyl (C=O) groups excluding carboxylic acids is 1. The van der Waals surface area contributed by atoms with Crippen LogP contribution in [0.2, 0.25) is 0 Å². The summed E-state index contributed by atoms with van der Waals surface area (Å²) >= 11 is 5.73. The van der Waals surface area contributed by atoms with Crippen LogP contribution in [0, 0.1) is 5.92 Å². The molecule has 0 bridgehead atoms. The molecule has 2 rings (SSSR count). The molecule has 1 atom stereocenters. The molecule has 0 aromatic carbocycles. The normalized spacial score (nSPS) is 12.5. The molecule has 2 aromatic rings. The van der Waals surface area contributed by atoms with Crippen molar-refractivity contribution in [3.8, 4) is 0 Å². The molecule has 0 saturated heterocycles. The van der Waals surface area contributed by atoms with Gasteiger partial charge in [0.25, 0.3) is 5.91 Å². The minimum absolute atomic E-state index is 0.115. The average molecular weight is 281 g/mol. The van der Waals surface area contributed by atoms with Crippen LogP contribution in [0.4, 0.5) is 0 Å². The number of nitrogens with zero attached hydrogens (tertiary/aromatic N) is 3. The van der Waals surface area contributed by atoms with Gasteiger partial charge in [-0.05, 0) is 12.3 Å². The fraction of sp³-hybridized carbons (Fsp3) is 0.462. The highest BCUT2D eigenvalue weighted by Crippen LogP contribution is 2.11. The number of alkyl halides is 1. The number of hydrogen-bond acceptors (Lipinski definition) is 3. The van der Waals surface area contributed by atoms with E-state index in [-0.39, 0.29) is 5.91 Å². The van der Waals surface area contributed by atoms with E-state index in [1.54, 1.807) is 29.3 Å². The van der Waals surface area contributed by atoms with Crippen molar-refractivity contribution in [2.45, 2.75) is 19.8 Å². The van der Waals surface area contributed by atoms with E-state index in [0.717, 1.165) is 12.8 Å². The van der Waals surface area contributed by atoms with Crippen molar-refractivity contribution >= 4 is 23.0 Å². The maximum absolute atomic E-state index is 12.1. The Hall–Kier alpha value is -1.62. The first kappa shape index (κ1) is 13.8. The number of hydrogen-bond donors (Lipinski definition) is 1. The Kier molecular flexibility index (Phi) is 4.74. The molecule has 102 valence electrons. The van der Waals surface area contributed by atoms with Gasteiger partial charge in [0.2, 0.25) is 0 Å². The monoisotopic (exact) mass is 280 g/mol. The van der Waals surface area contributed by atoms with Crippen molar-refractivity contribution in [3.05, 3.63) is 30.4 Å². The molecule has 0 saturated carbocycles. The summed E-state index contributed by atoms with van der Waals surface area (Å²) in [4.78, 5) is 16.1. The van der Waals surface area contributed by atoms with Gasteiger partial charge in [-0.3, -0.25) is 9.78 Å². The van der Waals surface area contributed by atoms with Crippen LogP contribution in [0.3, 0.4) is 0 Å². The zero-order valence-electron chi connectivity index (χ0n) is 10.8. The lowest BCUT2D eigenvalue weighted by Gasteiger charge is -2.13. The molecule has 19 heavy (non-hydrogen) atoms. The van der Waals surface area contributed by atoms with Crippen LogP contribution in [-0.4, -0.2) is 32.9 Å². The Morgan fingerprint density at radius 3 is 3.11 bits per heavy atom. The molecule has 6 heteroatoms. The van der Waals surface area contributed by atoms with Crippen LogP contribution in [0.1, 0.15) is 30.1 Å². The Morgan fingerprint density at radius 1 is 1.53 bits per heavy atom. The van der Waals surface area contributed by atoms with Gasteiger partial charge in [0.15, 0.2) is 0 Å². The van der Waals surface area contributed by atoms with Crippen molar-refractivity contribution in [2.24, 2.45) is 5.92 Å². The van der Waals surface area contributed by atoms with E-state index in [0.29, 0.717) is 29.4 Å². The highest BCUT2D eigenvalue weighted by Gasteiger charge is 2.14. The SMILES string of the molecule is CCC(CCCl)CNC(=O)c1cnn2ccncc12. The summed E-state index contributed by atoms with van der Waals surface area (Å²) < 4.78 is 1.64. The van der Waals surface area contributed by atoms with Gasteiger partial charge in [-0.15, -0.1) is 11.6 Å². The molecule has 0 radical (unpaired) electrons.